The zero-order valence-corrected chi connectivity index (χ0v) is 19.6. The molecule has 0 spiro atoms. The van der Waals surface area contributed by atoms with Gasteiger partial charge in [-0.05, 0) is 37.8 Å². The molecular weight excluding hydrogens is 465 g/mol. The van der Waals surface area contributed by atoms with Crippen molar-refractivity contribution in [3.05, 3.63) is 35.9 Å². The van der Waals surface area contributed by atoms with Crippen LogP contribution in [0.1, 0.15) is 38.2 Å². The van der Waals surface area contributed by atoms with Gasteiger partial charge in [-0.3, -0.25) is 14.7 Å². The van der Waals surface area contributed by atoms with Crippen molar-refractivity contribution in [2.75, 3.05) is 39.8 Å². The summed E-state index contributed by atoms with van der Waals surface area (Å²) >= 11 is 0. The minimum Gasteiger partial charge on any atom is -0.355 e. The summed E-state index contributed by atoms with van der Waals surface area (Å²) < 4.78 is 0. The van der Waals surface area contributed by atoms with Crippen molar-refractivity contribution < 1.29 is 4.79 Å². The van der Waals surface area contributed by atoms with E-state index in [4.69, 9.17) is 0 Å². The Morgan fingerprint density at radius 1 is 1.14 bits per heavy atom. The van der Waals surface area contributed by atoms with Crippen molar-refractivity contribution in [3.63, 3.8) is 0 Å². The number of hydrogen-bond acceptors (Lipinski definition) is 3. The topological polar surface area (TPSA) is 68.8 Å². The molecule has 0 aromatic heterocycles. The fraction of sp³-hybridized carbons (Fsp3) is 0.619. The Morgan fingerprint density at radius 2 is 1.93 bits per heavy atom. The van der Waals surface area contributed by atoms with E-state index in [-0.39, 0.29) is 36.4 Å². The van der Waals surface area contributed by atoms with Crippen LogP contribution in [-0.4, -0.2) is 62.6 Å². The van der Waals surface area contributed by atoms with E-state index in [1.807, 2.05) is 18.2 Å². The van der Waals surface area contributed by atoms with Crippen molar-refractivity contribution in [1.82, 2.24) is 20.9 Å². The summed E-state index contributed by atoms with van der Waals surface area (Å²) in [7, 11) is 1.73. The standard InChI is InChI=1S/C21H35N5O.HI/c1-3-19-11-7-8-15-26(19)16-14-24-21(22-2)25-17-20(27)23-13-12-18-9-5-4-6-10-18;/h4-6,9-10,19H,3,7-8,11-17H2,1-2H3,(H,23,27)(H2,22,24,25);1H. The lowest BCUT2D eigenvalue weighted by atomic mass is 10.0. The predicted molar refractivity (Wildman–Crippen MR) is 127 cm³/mol. The van der Waals surface area contributed by atoms with Gasteiger partial charge in [0.05, 0.1) is 6.54 Å². The van der Waals surface area contributed by atoms with E-state index in [0.717, 1.165) is 19.5 Å². The first kappa shape index (κ1) is 24.7. The number of halogens is 1. The second kappa shape index (κ2) is 14.6. The highest BCUT2D eigenvalue weighted by atomic mass is 127. The number of benzene rings is 1. The highest BCUT2D eigenvalue weighted by Crippen LogP contribution is 2.18. The Bertz CT molecular complexity index is 581. The number of carbonyl (C=O) groups is 1. The third kappa shape index (κ3) is 9.23. The van der Waals surface area contributed by atoms with Crippen LogP contribution in [0.25, 0.3) is 0 Å². The summed E-state index contributed by atoms with van der Waals surface area (Å²) in [6.07, 6.45) is 6.02. The Labute approximate surface area is 187 Å². The molecule has 1 saturated heterocycles. The number of nitrogens with one attached hydrogen (secondary N) is 3. The SMILES string of the molecule is CCC1CCCCN1CCNC(=NC)NCC(=O)NCCc1ccccc1.I. The summed E-state index contributed by atoms with van der Waals surface area (Å²) in [6.45, 7) is 6.19. The molecule has 2 rings (SSSR count). The third-order valence-electron chi connectivity index (χ3n) is 5.13. The van der Waals surface area contributed by atoms with E-state index < -0.39 is 0 Å². The van der Waals surface area contributed by atoms with Crippen LogP contribution in [0.2, 0.25) is 0 Å². The first-order valence-corrected chi connectivity index (χ1v) is 10.2. The van der Waals surface area contributed by atoms with Crippen LogP contribution in [0.5, 0.6) is 0 Å². The van der Waals surface area contributed by atoms with E-state index in [2.05, 4.69) is 44.9 Å². The van der Waals surface area contributed by atoms with Gasteiger partial charge in [0.25, 0.3) is 0 Å². The maximum Gasteiger partial charge on any atom is 0.239 e. The van der Waals surface area contributed by atoms with E-state index in [9.17, 15) is 4.79 Å². The number of aliphatic imine (C=N–C) groups is 1. The highest BCUT2D eigenvalue weighted by molar-refractivity contribution is 14.0. The Balaban J connectivity index is 0.00000392. The van der Waals surface area contributed by atoms with Crippen molar-refractivity contribution in [2.45, 2.75) is 45.1 Å². The van der Waals surface area contributed by atoms with Crippen LogP contribution in [0.4, 0.5) is 0 Å². The van der Waals surface area contributed by atoms with Crippen molar-refractivity contribution in [2.24, 2.45) is 4.99 Å². The summed E-state index contributed by atoms with van der Waals surface area (Å²) in [5, 5.41) is 9.34. The molecule has 1 amide bonds. The molecule has 1 fully saturated rings. The maximum atomic E-state index is 12.0. The molecule has 0 bridgehead atoms. The Kier molecular flexibility index (Phi) is 12.9. The lowest BCUT2D eigenvalue weighted by molar-refractivity contribution is -0.119. The van der Waals surface area contributed by atoms with Crippen LogP contribution >= 0.6 is 24.0 Å². The summed E-state index contributed by atoms with van der Waals surface area (Å²) in [4.78, 5) is 18.8. The molecule has 7 heteroatoms. The van der Waals surface area contributed by atoms with Crippen molar-refractivity contribution >= 4 is 35.8 Å². The van der Waals surface area contributed by atoms with E-state index in [1.54, 1.807) is 7.05 Å². The molecule has 1 aromatic rings. The number of guanidine groups is 1. The Hall–Kier alpha value is -1.35. The first-order chi connectivity index (χ1) is 13.2. The van der Waals surface area contributed by atoms with Crippen LogP contribution < -0.4 is 16.0 Å². The van der Waals surface area contributed by atoms with Crippen molar-refractivity contribution in [3.8, 4) is 0 Å². The van der Waals surface area contributed by atoms with E-state index in [0.29, 0.717) is 18.5 Å². The zero-order valence-electron chi connectivity index (χ0n) is 17.2. The van der Waals surface area contributed by atoms with Crippen LogP contribution in [0.15, 0.2) is 35.3 Å². The number of piperidine rings is 1. The summed E-state index contributed by atoms with van der Waals surface area (Å²) in [5.74, 6) is 0.661. The van der Waals surface area contributed by atoms with E-state index in [1.165, 1.54) is 37.8 Å². The average molecular weight is 501 g/mol. The van der Waals surface area contributed by atoms with Gasteiger partial charge in [0.2, 0.25) is 5.91 Å². The van der Waals surface area contributed by atoms with Gasteiger partial charge < -0.3 is 16.0 Å². The molecule has 28 heavy (non-hydrogen) atoms. The number of carbonyl (C=O) groups excluding carboxylic acids is 1. The Morgan fingerprint density at radius 3 is 2.64 bits per heavy atom. The monoisotopic (exact) mass is 501 g/mol. The number of hydrogen-bond donors (Lipinski definition) is 3. The van der Waals surface area contributed by atoms with Gasteiger partial charge in [0.1, 0.15) is 0 Å². The molecule has 1 aliphatic rings. The number of likely N-dealkylation sites (tertiary alicyclic amines) is 1. The molecule has 1 heterocycles. The molecule has 1 aromatic carbocycles. The van der Waals surface area contributed by atoms with Gasteiger partial charge in [0.15, 0.2) is 5.96 Å². The highest BCUT2D eigenvalue weighted by Gasteiger charge is 2.19. The quantitative estimate of drug-likeness (QED) is 0.276. The third-order valence-corrected chi connectivity index (χ3v) is 5.13. The molecule has 3 N–H and O–H groups in total. The van der Waals surface area contributed by atoms with Gasteiger partial charge in [-0.1, -0.05) is 43.7 Å². The average Bonchev–Trinajstić information content (AvgIpc) is 2.71. The first-order valence-electron chi connectivity index (χ1n) is 10.2. The smallest absolute Gasteiger partial charge is 0.239 e. The molecule has 6 nitrogen and oxygen atoms in total. The predicted octanol–water partition coefficient (Wildman–Crippen LogP) is 2.39. The number of rotatable bonds is 9. The fourth-order valence-corrected chi connectivity index (χ4v) is 3.57. The molecule has 1 unspecified atom stereocenters. The number of amides is 1. The molecule has 0 aliphatic carbocycles. The normalized spacial score (nSPS) is 17.5. The lowest BCUT2D eigenvalue weighted by Crippen LogP contribution is -2.47. The minimum atomic E-state index is -0.0176. The largest absolute Gasteiger partial charge is 0.355 e. The van der Waals surface area contributed by atoms with Crippen LogP contribution in [0, 0.1) is 0 Å². The van der Waals surface area contributed by atoms with Gasteiger partial charge in [-0.15, -0.1) is 24.0 Å². The molecule has 1 aliphatic heterocycles. The fourth-order valence-electron chi connectivity index (χ4n) is 3.57. The zero-order chi connectivity index (χ0) is 19.3. The lowest BCUT2D eigenvalue weighted by Gasteiger charge is -2.35. The van der Waals surface area contributed by atoms with Gasteiger partial charge in [-0.2, -0.15) is 0 Å². The van der Waals surface area contributed by atoms with E-state index >= 15 is 0 Å². The van der Waals surface area contributed by atoms with Crippen LogP contribution in [-0.2, 0) is 11.2 Å². The maximum absolute atomic E-state index is 12.0. The minimum absolute atomic E-state index is 0. The summed E-state index contributed by atoms with van der Waals surface area (Å²) in [5.41, 5.74) is 1.23. The van der Waals surface area contributed by atoms with Gasteiger partial charge in [0, 0.05) is 32.7 Å². The molecule has 0 radical (unpaired) electrons. The van der Waals surface area contributed by atoms with Gasteiger partial charge in [-0.25, -0.2) is 0 Å². The van der Waals surface area contributed by atoms with Gasteiger partial charge >= 0.3 is 0 Å². The molecular formula is C21H36IN5O. The molecule has 0 saturated carbocycles. The second-order valence-electron chi connectivity index (χ2n) is 7.03. The van der Waals surface area contributed by atoms with Crippen molar-refractivity contribution in [1.29, 1.82) is 0 Å². The molecule has 158 valence electrons. The number of nitrogens with zero attached hydrogens (tertiary/aromatic N) is 2. The summed E-state index contributed by atoms with van der Waals surface area (Å²) in [6, 6.07) is 10.9. The second-order valence-corrected chi connectivity index (χ2v) is 7.03. The molecule has 1 atom stereocenters. The van der Waals surface area contributed by atoms with Crippen LogP contribution in [0.3, 0.4) is 0 Å².